The first-order valence-electron chi connectivity index (χ1n) is 16.1. The predicted molar refractivity (Wildman–Crippen MR) is 205 cm³/mol. The zero-order chi connectivity index (χ0) is 33.7. The molecule has 0 saturated heterocycles. The van der Waals surface area contributed by atoms with Crippen LogP contribution < -0.4 is 0 Å². The van der Waals surface area contributed by atoms with Crippen molar-refractivity contribution in [3.8, 4) is 0 Å². The Balaban J connectivity index is 0.000000325. The van der Waals surface area contributed by atoms with Gasteiger partial charge in [-0.15, -0.1) is 0 Å². The molecule has 0 radical (unpaired) electrons. The van der Waals surface area contributed by atoms with E-state index in [0.717, 1.165) is 74.6 Å². The number of carbonyl (C=O) groups is 2. The number of carbonyl (C=O) groups excluding carboxylic acids is 2. The summed E-state index contributed by atoms with van der Waals surface area (Å²) in [6, 6.07) is 13.5. The van der Waals surface area contributed by atoms with Gasteiger partial charge in [0.2, 0.25) is 9.05 Å². The van der Waals surface area contributed by atoms with Crippen LogP contribution in [0.3, 0.4) is 0 Å². The molecule has 268 valence electrons. The van der Waals surface area contributed by atoms with E-state index < -0.39 is 9.05 Å². The Hall–Kier alpha value is -2.16. The average Bonchev–Trinajstić information content (AvgIpc) is 3.52. The molecule has 48 heavy (non-hydrogen) atoms. The minimum Gasteiger partial charge on any atom is -0.396 e. The predicted octanol–water partition coefficient (Wildman–Crippen LogP) is 10.8. The molecule has 10 heteroatoms. The number of aliphatic hydroxyl groups is 1. The zero-order valence-corrected chi connectivity index (χ0v) is 29.9. The van der Waals surface area contributed by atoms with E-state index in [1.165, 1.54) is 64.2 Å². The van der Waals surface area contributed by atoms with Crippen LogP contribution in [0.25, 0.3) is 17.0 Å². The maximum atomic E-state index is 11.1. The smallest absolute Gasteiger partial charge is 0.229 e. The van der Waals surface area contributed by atoms with Crippen molar-refractivity contribution < 1.29 is 23.1 Å². The van der Waals surface area contributed by atoms with E-state index >= 15 is 0 Å². The molecule has 0 bridgehead atoms. The number of hydrogen-bond donors (Lipinski definition) is 1. The standard InChI is InChI=1S/C14H14ClNO.C10H7ClO.C6H12.C5H10O.CH3ClO2S.2CH4/c15-13-6-2-5-11-7-12(9-17)16(14(11)13)8-10-3-1-4-10;11-10-3-1-2-8-4-7(6-12)5-9(8)10;1-2-6-4-3-5-6;6-4-5-2-1-3-5;1-5(2,3)4;;/h2,5-7,9-10H,1,3-4,8H2;1-4,6H,5H2;6H,2-5H2,1H3;5-6H,1-4H2;1H3;2*1H4. The van der Waals surface area contributed by atoms with Crippen LogP contribution in [-0.2, 0) is 26.8 Å². The van der Waals surface area contributed by atoms with Gasteiger partial charge >= 0.3 is 0 Å². The molecule has 3 fully saturated rings. The molecule has 3 saturated carbocycles. The molecular weight excluding hydrogens is 689 g/mol. The van der Waals surface area contributed by atoms with Crippen LogP contribution in [0.5, 0.6) is 0 Å². The second kappa shape index (κ2) is 21.8. The van der Waals surface area contributed by atoms with Crippen molar-refractivity contribution in [1.29, 1.82) is 0 Å². The molecule has 0 aliphatic heterocycles. The lowest BCUT2D eigenvalue weighted by Crippen LogP contribution is -2.19. The number of aldehydes is 2. The highest BCUT2D eigenvalue weighted by atomic mass is 35.7. The fraction of sp³-hybridized carbons (Fsp3) is 0.526. The third-order valence-corrected chi connectivity index (χ3v) is 9.66. The van der Waals surface area contributed by atoms with Crippen LogP contribution in [-0.4, -0.2) is 43.5 Å². The largest absolute Gasteiger partial charge is 0.396 e. The van der Waals surface area contributed by atoms with E-state index in [4.69, 9.17) is 28.3 Å². The SMILES string of the molecule is C.C.CCC1CCC1.CS(=O)(=O)Cl.O=CC1=Cc2cccc(Cl)c2C1.O=Cc1cc2cccc(Cl)c2n1CC1CCC1.OCC1CCC1. The molecule has 1 N–H and O–H groups in total. The first kappa shape index (κ1) is 43.9. The van der Waals surface area contributed by atoms with E-state index in [9.17, 15) is 18.0 Å². The van der Waals surface area contributed by atoms with Gasteiger partial charge in [0, 0.05) is 40.7 Å². The molecule has 1 heterocycles. The van der Waals surface area contributed by atoms with Crippen LogP contribution in [0, 0.1) is 17.8 Å². The fourth-order valence-electron chi connectivity index (χ4n) is 5.53. The maximum Gasteiger partial charge on any atom is 0.229 e. The van der Waals surface area contributed by atoms with Gasteiger partial charge in [-0.3, -0.25) is 9.59 Å². The topological polar surface area (TPSA) is 93.4 Å². The van der Waals surface area contributed by atoms with Gasteiger partial charge in [0.25, 0.3) is 0 Å². The number of nitrogens with zero attached hydrogens (tertiary/aromatic N) is 1. The van der Waals surface area contributed by atoms with Gasteiger partial charge in [-0.1, -0.05) is 108 Å². The van der Waals surface area contributed by atoms with Crippen molar-refractivity contribution in [2.45, 2.75) is 99.0 Å². The summed E-state index contributed by atoms with van der Waals surface area (Å²) >= 11 is 12.2. The van der Waals surface area contributed by atoms with Gasteiger partial charge in [-0.05, 0) is 84.4 Å². The van der Waals surface area contributed by atoms with Crippen LogP contribution in [0.2, 0.25) is 10.0 Å². The van der Waals surface area contributed by atoms with E-state index in [2.05, 4.69) is 22.2 Å². The Morgan fingerprint density at radius 3 is 1.79 bits per heavy atom. The molecule has 0 unspecified atom stereocenters. The maximum absolute atomic E-state index is 11.1. The first-order valence-corrected chi connectivity index (χ1v) is 19.6. The van der Waals surface area contributed by atoms with Crippen molar-refractivity contribution in [1.82, 2.24) is 4.57 Å². The molecule has 4 aliphatic carbocycles. The van der Waals surface area contributed by atoms with Crippen molar-refractivity contribution in [3.63, 3.8) is 0 Å². The number of fused-ring (bicyclic) bond motifs is 2. The molecule has 2 aromatic carbocycles. The van der Waals surface area contributed by atoms with Crippen molar-refractivity contribution >= 4 is 72.5 Å². The van der Waals surface area contributed by atoms with E-state index in [1.807, 2.05) is 48.5 Å². The van der Waals surface area contributed by atoms with Crippen LogP contribution in [0.15, 0.2) is 48.0 Å². The molecular formula is C38H54Cl3NO5S. The Kier molecular flexibility index (Phi) is 19.9. The van der Waals surface area contributed by atoms with Crippen molar-refractivity contribution in [2.24, 2.45) is 17.8 Å². The molecule has 0 atom stereocenters. The van der Waals surface area contributed by atoms with Gasteiger partial charge in [0.05, 0.1) is 22.5 Å². The highest BCUT2D eigenvalue weighted by molar-refractivity contribution is 8.13. The first-order chi connectivity index (χ1) is 22.0. The average molecular weight is 743 g/mol. The summed E-state index contributed by atoms with van der Waals surface area (Å²) < 4.78 is 20.9. The monoisotopic (exact) mass is 741 g/mol. The second-order valence-corrected chi connectivity index (χ2v) is 16.3. The molecule has 6 nitrogen and oxygen atoms in total. The van der Waals surface area contributed by atoms with Crippen molar-refractivity contribution in [2.75, 3.05) is 12.9 Å². The van der Waals surface area contributed by atoms with Crippen LogP contribution >= 0.6 is 33.9 Å². The van der Waals surface area contributed by atoms with Gasteiger partial charge in [0.1, 0.15) is 6.29 Å². The summed E-state index contributed by atoms with van der Waals surface area (Å²) in [6.07, 6.45) is 18.9. The Labute approximate surface area is 303 Å². The number of aliphatic hydroxyl groups excluding tert-OH is 1. The number of halogens is 3. The Bertz CT molecular complexity index is 1540. The van der Waals surface area contributed by atoms with Gasteiger partial charge < -0.3 is 9.67 Å². The summed E-state index contributed by atoms with van der Waals surface area (Å²) in [7, 11) is 1.31. The molecule has 3 aromatic rings. The van der Waals surface area contributed by atoms with E-state index in [1.54, 1.807) is 0 Å². The van der Waals surface area contributed by atoms with E-state index in [0.29, 0.717) is 24.9 Å². The Morgan fingerprint density at radius 1 is 0.854 bits per heavy atom. The van der Waals surface area contributed by atoms with Crippen LogP contribution in [0.1, 0.15) is 108 Å². The highest BCUT2D eigenvalue weighted by Gasteiger charge is 2.21. The third kappa shape index (κ3) is 14.0. The quantitative estimate of drug-likeness (QED) is 0.200. The molecule has 7 rings (SSSR count). The Morgan fingerprint density at radius 2 is 1.40 bits per heavy atom. The number of allylic oxidation sites excluding steroid dienone is 1. The fourth-order valence-corrected chi connectivity index (χ4v) is 6.06. The second-order valence-electron chi connectivity index (χ2n) is 12.5. The molecule has 0 amide bonds. The lowest BCUT2D eigenvalue weighted by atomic mass is 9.84. The summed E-state index contributed by atoms with van der Waals surface area (Å²) in [5.74, 6) is 2.50. The summed E-state index contributed by atoms with van der Waals surface area (Å²) in [5, 5.41) is 10.9. The minimum absolute atomic E-state index is 0. The number of aromatic nitrogens is 1. The summed E-state index contributed by atoms with van der Waals surface area (Å²) in [5.41, 5.74) is 4.69. The van der Waals surface area contributed by atoms with E-state index in [-0.39, 0.29) is 14.9 Å². The normalized spacial score (nSPS) is 16.2. The summed E-state index contributed by atoms with van der Waals surface area (Å²) in [6.45, 7) is 3.62. The summed E-state index contributed by atoms with van der Waals surface area (Å²) in [4.78, 5) is 21.6. The van der Waals surface area contributed by atoms with Gasteiger partial charge in [-0.2, -0.15) is 0 Å². The number of rotatable bonds is 6. The zero-order valence-electron chi connectivity index (χ0n) is 26.8. The highest BCUT2D eigenvalue weighted by Crippen LogP contribution is 2.33. The molecule has 4 aliphatic rings. The number of hydrogen-bond acceptors (Lipinski definition) is 5. The van der Waals surface area contributed by atoms with Crippen LogP contribution in [0.4, 0.5) is 0 Å². The molecule has 1 aromatic heterocycles. The molecule has 0 spiro atoms. The lowest BCUT2D eigenvalue weighted by molar-refractivity contribution is -0.104. The minimum atomic E-state index is -3.19. The third-order valence-electron chi connectivity index (χ3n) is 9.00. The van der Waals surface area contributed by atoms with Gasteiger partial charge in [-0.25, -0.2) is 8.42 Å². The van der Waals surface area contributed by atoms with Crippen molar-refractivity contribution in [3.05, 3.63) is 74.9 Å². The van der Waals surface area contributed by atoms with Gasteiger partial charge in [0.15, 0.2) is 6.29 Å². The lowest BCUT2D eigenvalue weighted by Gasteiger charge is -2.26. The number of para-hydroxylation sites is 1. The number of benzene rings is 2.